The third-order valence-corrected chi connectivity index (χ3v) is 1.87. The second kappa shape index (κ2) is 2.48. The van der Waals surface area contributed by atoms with Crippen molar-refractivity contribution in [1.82, 2.24) is 0 Å². The van der Waals surface area contributed by atoms with Crippen molar-refractivity contribution in [2.24, 2.45) is 0 Å². The first-order chi connectivity index (χ1) is 4.20. The molecule has 0 aromatic rings. The molecule has 50 valence electrons. The number of nitrogens with one attached hydrogen (secondary N) is 2. The molecule has 1 unspecified atom stereocenters. The highest BCUT2D eigenvalue weighted by Crippen LogP contribution is 2.17. The van der Waals surface area contributed by atoms with E-state index in [1.807, 2.05) is 0 Å². The van der Waals surface area contributed by atoms with Crippen molar-refractivity contribution in [1.29, 1.82) is 10.8 Å². The van der Waals surface area contributed by atoms with E-state index < -0.39 is 0 Å². The lowest BCUT2D eigenvalue weighted by Crippen LogP contribution is -2.23. The lowest BCUT2D eigenvalue weighted by molar-refractivity contribution is 0.781. The van der Waals surface area contributed by atoms with Gasteiger partial charge in [0.25, 0.3) is 0 Å². The van der Waals surface area contributed by atoms with Gasteiger partial charge in [0.05, 0.1) is 11.4 Å². The molecule has 0 heterocycles. The second-order valence-electron chi connectivity index (χ2n) is 2.30. The summed E-state index contributed by atoms with van der Waals surface area (Å²) in [6, 6.07) is 0. The van der Waals surface area contributed by atoms with Crippen molar-refractivity contribution in [3.63, 3.8) is 0 Å². The normalized spacial score (nSPS) is 28.8. The standard InChI is InChI=1S/C6H9ClN2/c7-4-1-2-5(8)6(9)3-4/h4,8-9H,1-3H2. The van der Waals surface area contributed by atoms with Crippen molar-refractivity contribution in [2.45, 2.75) is 24.6 Å². The van der Waals surface area contributed by atoms with E-state index in [1.165, 1.54) is 0 Å². The average molecular weight is 145 g/mol. The highest BCUT2D eigenvalue weighted by Gasteiger charge is 2.18. The molecular formula is C6H9ClN2. The van der Waals surface area contributed by atoms with Crippen molar-refractivity contribution in [3.8, 4) is 0 Å². The van der Waals surface area contributed by atoms with E-state index >= 15 is 0 Å². The molecule has 1 aliphatic rings. The minimum atomic E-state index is 0.103. The van der Waals surface area contributed by atoms with Crippen LogP contribution in [0.5, 0.6) is 0 Å². The molecule has 0 aliphatic heterocycles. The lowest BCUT2D eigenvalue weighted by atomic mass is 9.96. The number of hydrogen-bond donors (Lipinski definition) is 2. The molecule has 0 saturated heterocycles. The number of halogens is 1. The number of hydrogen-bond acceptors (Lipinski definition) is 2. The zero-order valence-corrected chi connectivity index (χ0v) is 5.83. The summed E-state index contributed by atoms with van der Waals surface area (Å²) >= 11 is 5.74. The van der Waals surface area contributed by atoms with E-state index in [9.17, 15) is 0 Å². The van der Waals surface area contributed by atoms with Crippen LogP contribution < -0.4 is 0 Å². The fourth-order valence-corrected chi connectivity index (χ4v) is 1.16. The van der Waals surface area contributed by atoms with Crippen LogP contribution in [-0.4, -0.2) is 16.8 Å². The Bertz CT molecular complexity index is 153. The van der Waals surface area contributed by atoms with Gasteiger partial charge in [-0.3, -0.25) is 0 Å². The van der Waals surface area contributed by atoms with Crippen LogP contribution in [0.2, 0.25) is 0 Å². The van der Waals surface area contributed by atoms with E-state index in [4.69, 9.17) is 22.4 Å². The Hall–Kier alpha value is -0.370. The molecule has 1 aliphatic carbocycles. The fourth-order valence-electron chi connectivity index (χ4n) is 0.899. The van der Waals surface area contributed by atoms with E-state index in [2.05, 4.69) is 0 Å². The molecule has 1 atom stereocenters. The second-order valence-corrected chi connectivity index (χ2v) is 2.91. The highest BCUT2D eigenvalue weighted by atomic mass is 35.5. The van der Waals surface area contributed by atoms with Crippen molar-refractivity contribution in [2.75, 3.05) is 0 Å². The van der Waals surface area contributed by atoms with Gasteiger partial charge in [-0.15, -0.1) is 11.6 Å². The zero-order chi connectivity index (χ0) is 6.85. The Kier molecular flexibility index (Phi) is 1.86. The minimum absolute atomic E-state index is 0.103. The topological polar surface area (TPSA) is 47.7 Å². The van der Waals surface area contributed by atoms with Crippen LogP contribution >= 0.6 is 11.6 Å². The summed E-state index contributed by atoms with van der Waals surface area (Å²) in [5.41, 5.74) is 0.883. The third-order valence-electron chi connectivity index (χ3n) is 1.50. The molecule has 0 aromatic heterocycles. The maximum absolute atomic E-state index is 7.22. The Morgan fingerprint density at radius 1 is 1.33 bits per heavy atom. The van der Waals surface area contributed by atoms with Gasteiger partial charge in [-0.1, -0.05) is 0 Å². The first-order valence-corrected chi connectivity index (χ1v) is 3.43. The molecule has 1 saturated carbocycles. The van der Waals surface area contributed by atoms with Crippen LogP contribution in [0.25, 0.3) is 0 Å². The molecule has 3 heteroatoms. The summed E-state index contributed by atoms with van der Waals surface area (Å²) in [6.07, 6.45) is 2.14. The minimum Gasteiger partial charge on any atom is -0.303 e. The van der Waals surface area contributed by atoms with Crippen LogP contribution in [-0.2, 0) is 0 Å². The summed E-state index contributed by atoms with van der Waals surface area (Å²) in [5, 5.41) is 14.5. The van der Waals surface area contributed by atoms with Gasteiger partial charge < -0.3 is 10.8 Å². The van der Waals surface area contributed by atoms with E-state index in [0.29, 0.717) is 24.3 Å². The Morgan fingerprint density at radius 2 is 2.00 bits per heavy atom. The Balaban J connectivity index is 2.54. The SMILES string of the molecule is N=C1CCC(Cl)CC1=N. The van der Waals surface area contributed by atoms with Crippen LogP contribution in [0.4, 0.5) is 0 Å². The third kappa shape index (κ3) is 1.52. The molecule has 0 bridgehead atoms. The lowest BCUT2D eigenvalue weighted by Gasteiger charge is -2.16. The molecular weight excluding hydrogens is 136 g/mol. The van der Waals surface area contributed by atoms with E-state index in [-0.39, 0.29) is 5.38 Å². The zero-order valence-electron chi connectivity index (χ0n) is 5.08. The first-order valence-electron chi connectivity index (χ1n) is 2.99. The molecule has 0 radical (unpaired) electrons. The molecule has 0 spiro atoms. The largest absolute Gasteiger partial charge is 0.303 e. The quantitative estimate of drug-likeness (QED) is 0.488. The van der Waals surface area contributed by atoms with Crippen LogP contribution in [0.1, 0.15) is 19.3 Å². The van der Waals surface area contributed by atoms with Gasteiger partial charge in [0.15, 0.2) is 0 Å². The van der Waals surface area contributed by atoms with Crippen LogP contribution in [0.3, 0.4) is 0 Å². The predicted molar refractivity (Wildman–Crippen MR) is 38.9 cm³/mol. The van der Waals surface area contributed by atoms with Crippen LogP contribution in [0.15, 0.2) is 0 Å². The molecule has 0 aromatic carbocycles. The van der Waals surface area contributed by atoms with Gasteiger partial charge >= 0.3 is 0 Å². The monoisotopic (exact) mass is 144 g/mol. The maximum Gasteiger partial charge on any atom is 0.0536 e. The fraction of sp³-hybridized carbons (Fsp3) is 0.667. The summed E-state index contributed by atoms with van der Waals surface area (Å²) in [7, 11) is 0. The predicted octanol–water partition coefficient (Wildman–Crippen LogP) is 1.82. The van der Waals surface area contributed by atoms with Crippen molar-refractivity contribution < 1.29 is 0 Å². The average Bonchev–Trinajstić information content (AvgIpc) is 1.80. The van der Waals surface area contributed by atoms with Gasteiger partial charge in [0, 0.05) is 11.8 Å². The molecule has 0 amide bonds. The summed E-state index contributed by atoms with van der Waals surface area (Å²) in [6.45, 7) is 0. The molecule has 2 nitrogen and oxygen atoms in total. The summed E-state index contributed by atoms with van der Waals surface area (Å²) in [4.78, 5) is 0. The van der Waals surface area contributed by atoms with E-state index in [1.54, 1.807) is 0 Å². The summed E-state index contributed by atoms with van der Waals surface area (Å²) in [5.74, 6) is 0. The maximum atomic E-state index is 7.22. The molecule has 9 heavy (non-hydrogen) atoms. The van der Waals surface area contributed by atoms with Crippen molar-refractivity contribution >= 4 is 23.0 Å². The van der Waals surface area contributed by atoms with Gasteiger partial charge in [-0.25, -0.2) is 0 Å². The molecule has 2 N–H and O–H groups in total. The molecule has 1 fully saturated rings. The van der Waals surface area contributed by atoms with Gasteiger partial charge in [0.2, 0.25) is 0 Å². The Morgan fingerprint density at radius 3 is 2.44 bits per heavy atom. The van der Waals surface area contributed by atoms with Gasteiger partial charge in [-0.2, -0.15) is 0 Å². The number of rotatable bonds is 0. The van der Waals surface area contributed by atoms with Crippen molar-refractivity contribution in [3.05, 3.63) is 0 Å². The first kappa shape index (κ1) is 6.75. The molecule has 1 rings (SSSR count). The highest BCUT2D eigenvalue weighted by molar-refractivity contribution is 6.42. The van der Waals surface area contributed by atoms with E-state index in [0.717, 1.165) is 6.42 Å². The van der Waals surface area contributed by atoms with Crippen LogP contribution in [0, 0.1) is 10.8 Å². The Labute approximate surface area is 59.2 Å². The smallest absolute Gasteiger partial charge is 0.0536 e. The van der Waals surface area contributed by atoms with Gasteiger partial charge in [0.1, 0.15) is 0 Å². The summed E-state index contributed by atoms with van der Waals surface area (Å²) < 4.78 is 0. The van der Waals surface area contributed by atoms with Gasteiger partial charge in [-0.05, 0) is 12.8 Å². The number of alkyl halides is 1.